The highest BCUT2D eigenvalue weighted by Gasteiger charge is 2.30. The summed E-state index contributed by atoms with van der Waals surface area (Å²) < 4.78 is 0. The first kappa shape index (κ1) is 12.7. The number of piperazine rings is 1. The highest BCUT2D eigenvalue weighted by atomic mass is 16.2. The van der Waals surface area contributed by atoms with Crippen molar-refractivity contribution in [1.82, 2.24) is 15.2 Å². The lowest BCUT2D eigenvalue weighted by Gasteiger charge is -2.31. The maximum Gasteiger partial charge on any atom is 0.243 e. The Labute approximate surface area is 105 Å². The minimum atomic E-state index is -0.325. The van der Waals surface area contributed by atoms with Gasteiger partial charge in [-0.05, 0) is 18.6 Å². The normalized spacial score (nSPS) is 20.9. The van der Waals surface area contributed by atoms with E-state index in [1.807, 2.05) is 17.0 Å². The third-order valence-corrected chi connectivity index (χ3v) is 3.09. The molecule has 1 aliphatic rings. The predicted molar refractivity (Wildman–Crippen MR) is 65.2 cm³/mol. The molecule has 1 aromatic rings. The summed E-state index contributed by atoms with van der Waals surface area (Å²) in [6.45, 7) is 2.84. The molecule has 96 valence electrons. The molecule has 0 aromatic carbocycles. The van der Waals surface area contributed by atoms with Gasteiger partial charge in [-0.1, -0.05) is 6.07 Å². The number of carbonyl (C=O) groups excluding carboxylic acids is 2. The summed E-state index contributed by atoms with van der Waals surface area (Å²) in [5.41, 5.74) is 7.37. The van der Waals surface area contributed by atoms with E-state index in [1.54, 1.807) is 13.1 Å². The molecule has 1 fully saturated rings. The molecule has 0 saturated carbocycles. The summed E-state index contributed by atoms with van der Waals surface area (Å²) in [7, 11) is 0. The van der Waals surface area contributed by atoms with Crippen LogP contribution < -0.4 is 11.1 Å². The average molecular weight is 248 g/mol. The standard InChI is InChI=1S/C12H16N4O2/c1-8-12(18)15-11(17)7-16(8)6-9-3-2-4-14-10(9)5-13/h2-4,8H,5-7,13H2,1H3,(H,15,17,18). The number of hydrogen-bond acceptors (Lipinski definition) is 5. The second kappa shape index (κ2) is 5.24. The first-order valence-corrected chi connectivity index (χ1v) is 5.82. The van der Waals surface area contributed by atoms with E-state index in [0.717, 1.165) is 11.3 Å². The summed E-state index contributed by atoms with van der Waals surface area (Å²) in [6.07, 6.45) is 1.68. The molecule has 1 saturated heterocycles. The number of carbonyl (C=O) groups is 2. The molecule has 0 radical (unpaired) electrons. The van der Waals surface area contributed by atoms with Crippen molar-refractivity contribution in [2.24, 2.45) is 5.73 Å². The molecule has 3 N–H and O–H groups in total. The Hall–Kier alpha value is -1.79. The Morgan fingerprint density at radius 2 is 2.33 bits per heavy atom. The number of nitrogens with two attached hydrogens (primary N) is 1. The number of pyridine rings is 1. The number of rotatable bonds is 3. The van der Waals surface area contributed by atoms with Crippen LogP contribution in [0.2, 0.25) is 0 Å². The Morgan fingerprint density at radius 1 is 1.56 bits per heavy atom. The third kappa shape index (κ3) is 2.55. The van der Waals surface area contributed by atoms with Crippen molar-refractivity contribution < 1.29 is 9.59 Å². The van der Waals surface area contributed by atoms with E-state index in [1.165, 1.54) is 0 Å². The maximum absolute atomic E-state index is 11.5. The van der Waals surface area contributed by atoms with Crippen LogP contribution in [0, 0.1) is 0 Å². The molecule has 2 heterocycles. The van der Waals surface area contributed by atoms with E-state index >= 15 is 0 Å². The van der Waals surface area contributed by atoms with Crippen molar-refractivity contribution in [3.63, 3.8) is 0 Å². The van der Waals surface area contributed by atoms with Crippen LogP contribution in [0.5, 0.6) is 0 Å². The topological polar surface area (TPSA) is 88.3 Å². The second-order valence-electron chi connectivity index (χ2n) is 4.31. The van der Waals surface area contributed by atoms with Crippen molar-refractivity contribution in [3.05, 3.63) is 29.6 Å². The molecule has 2 amide bonds. The molecule has 0 spiro atoms. The van der Waals surface area contributed by atoms with Gasteiger partial charge in [0.15, 0.2) is 0 Å². The smallest absolute Gasteiger partial charge is 0.243 e. The summed E-state index contributed by atoms with van der Waals surface area (Å²) in [4.78, 5) is 28.9. The van der Waals surface area contributed by atoms with Crippen molar-refractivity contribution >= 4 is 11.8 Å². The molecule has 1 atom stereocenters. The lowest BCUT2D eigenvalue weighted by Crippen LogP contribution is -2.56. The Balaban J connectivity index is 2.17. The molecule has 1 aliphatic heterocycles. The number of hydrogen-bond donors (Lipinski definition) is 2. The lowest BCUT2D eigenvalue weighted by atomic mass is 10.1. The van der Waals surface area contributed by atoms with Gasteiger partial charge in [0.25, 0.3) is 0 Å². The minimum absolute atomic E-state index is 0.214. The molecule has 6 heteroatoms. The van der Waals surface area contributed by atoms with Crippen LogP contribution in [0.15, 0.2) is 18.3 Å². The van der Waals surface area contributed by atoms with Gasteiger partial charge in [0.1, 0.15) is 0 Å². The Kier molecular flexibility index (Phi) is 3.69. The first-order chi connectivity index (χ1) is 8.61. The SMILES string of the molecule is CC1C(=O)NC(=O)CN1Cc1cccnc1CN. The monoisotopic (exact) mass is 248 g/mol. The number of nitrogens with zero attached hydrogens (tertiary/aromatic N) is 2. The van der Waals surface area contributed by atoms with Crippen LogP contribution in [0.25, 0.3) is 0 Å². The number of aromatic nitrogens is 1. The molecule has 1 aromatic heterocycles. The molecule has 0 aliphatic carbocycles. The quantitative estimate of drug-likeness (QED) is 0.696. The van der Waals surface area contributed by atoms with Crippen molar-refractivity contribution in [3.8, 4) is 0 Å². The molecule has 6 nitrogen and oxygen atoms in total. The molecule has 1 unspecified atom stereocenters. The summed E-state index contributed by atoms with van der Waals surface area (Å²) in [5.74, 6) is -0.527. The Bertz CT molecular complexity index is 475. The molecule has 0 bridgehead atoms. The van der Waals surface area contributed by atoms with Crippen LogP contribution in [-0.2, 0) is 22.7 Å². The van der Waals surface area contributed by atoms with E-state index in [9.17, 15) is 9.59 Å². The minimum Gasteiger partial charge on any atom is -0.325 e. The Morgan fingerprint density at radius 3 is 3.06 bits per heavy atom. The van der Waals surface area contributed by atoms with Crippen molar-refractivity contribution in [2.45, 2.75) is 26.1 Å². The molecular weight excluding hydrogens is 232 g/mol. The van der Waals surface area contributed by atoms with Crippen LogP contribution >= 0.6 is 0 Å². The summed E-state index contributed by atoms with van der Waals surface area (Å²) >= 11 is 0. The van der Waals surface area contributed by atoms with Gasteiger partial charge in [-0.15, -0.1) is 0 Å². The van der Waals surface area contributed by atoms with Crippen LogP contribution in [-0.4, -0.2) is 34.3 Å². The molecule has 2 rings (SSSR count). The zero-order valence-corrected chi connectivity index (χ0v) is 10.2. The molecular formula is C12H16N4O2. The van der Waals surface area contributed by atoms with Gasteiger partial charge in [0, 0.05) is 19.3 Å². The first-order valence-electron chi connectivity index (χ1n) is 5.82. The fraction of sp³-hybridized carbons (Fsp3) is 0.417. The largest absolute Gasteiger partial charge is 0.325 e. The predicted octanol–water partition coefficient (Wildman–Crippen LogP) is -0.613. The van der Waals surface area contributed by atoms with Crippen LogP contribution in [0.1, 0.15) is 18.2 Å². The van der Waals surface area contributed by atoms with E-state index in [-0.39, 0.29) is 24.4 Å². The van der Waals surface area contributed by atoms with E-state index in [4.69, 9.17) is 5.73 Å². The van der Waals surface area contributed by atoms with Gasteiger partial charge in [-0.25, -0.2) is 0 Å². The van der Waals surface area contributed by atoms with Crippen molar-refractivity contribution in [1.29, 1.82) is 0 Å². The van der Waals surface area contributed by atoms with E-state index in [2.05, 4.69) is 10.3 Å². The second-order valence-corrected chi connectivity index (χ2v) is 4.31. The van der Waals surface area contributed by atoms with Gasteiger partial charge in [0.2, 0.25) is 11.8 Å². The number of amides is 2. The van der Waals surface area contributed by atoms with Gasteiger partial charge < -0.3 is 5.73 Å². The highest BCUT2D eigenvalue weighted by molar-refractivity contribution is 6.00. The maximum atomic E-state index is 11.5. The zero-order chi connectivity index (χ0) is 13.1. The van der Waals surface area contributed by atoms with Crippen molar-refractivity contribution in [2.75, 3.05) is 6.54 Å². The van der Waals surface area contributed by atoms with Crippen LogP contribution in [0.4, 0.5) is 0 Å². The van der Waals surface area contributed by atoms with Gasteiger partial charge >= 0.3 is 0 Å². The van der Waals surface area contributed by atoms with Crippen LogP contribution in [0.3, 0.4) is 0 Å². The average Bonchev–Trinajstić information content (AvgIpc) is 2.36. The number of imide groups is 1. The lowest BCUT2D eigenvalue weighted by molar-refractivity contribution is -0.139. The third-order valence-electron chi connectivity index (χ3n) is 3.09. The fourth-order valence-electron chi connectivity index (χ4n) is 1.98. The zero-order valence-electron chi connectivity index (χ0n) is 10.2. The molecule has 18 heavy (non-hydrogen) atoms. The summed E-state index contributed by atoms with van der Waals surface area (Å²) in [5, 5.41) is 2.31. The van der Waals surface area contributed by atoms with E-state index < -0.39 is 0 Å². The van der Waals surface area contributed by atoms with Gasteiger partial charge in [0.05, 0.1) is 18.3 Å². The summed E-state index contributed by atoms with van der Waals surface area (Å²) in [6, 6.07) is 3.41. The number of nitrogens with one attached hydrogen (secondary N) is 1. The fourth-order valence-corrected chi connectivity index (χ4v) is 1.98. The van der Waals surface area contributed by atoms with E-state index in [0.29, 0.717) is 13.1 Å². The van der Waals surface area contributed by atoms with Gasteiger partial charge in [-0.2, -0.15) is 0 Å². The highest BCUT2D eigenvalue weighted by Crippen LogP contribution is 2.13. The van der Waals surface area contributed by atoms with Gasteiger partial charge in [-0.3, -0.25) is 24.8 Å².